The Morgan fingerprint density at radius 3 is 1.67 bits per heavy atom. The SMILES string of the molecule is C[C@H](Cl)CC[C@H](Cl)[C@@H](Cl)CC[C@H](Cl)CCl. The van der Waals surface area contributed by atoms with Crippen LogP contribution in [0.2, 0.25) is 0 Å². The van der Waals surface area contributed by atoms with Gasteiger partial charge in [0.15, 0.2) is 0 Å². The van der Waals surface area contributed by atoms with Crippen LogP contribution in [0.25, 0.3) is 0 Å². The van der Waals surface area contributed by atoms with E-state index in [1.54, 1.807) is 0 Å². The molecule has 0 heterocycles. The van der Waals surface area contributed by atoms with Crippen LogP contribution in [-0.2, 0) is 0 Å². The van der Waals surface area contributed by atoms with Crippen molar-refractivity contribution in [3.8, 4) is 0 Å². The van der Waals surface area contributed by atoms with Gasteiger partial charge in [-0.05, 0) is 32.6 Å². The molecule has 0 aliphatic rings. The van der Waals surface area contributed by atoms with Crippen molar-refractivity contribution in [2.75, 3.05) is 5.88 Å². The Bertz CT molecular complexity index is 151. The van der Waals surface area contributed by atoms with Crippen molar-refractivity contribution >= 4 is 58.0 Å². The molecule has 0 aliphatic heterocycles. The van der Waals surface area contributed by atoms with Gasteiger partial charge in [-0.25, -0.2) is 0 Å². The van der Waals surface area contributed by atoms with Gasteiger partial charge in [0.2, 0.25) is 0 Å². The zero-order valence-electron chi connectivity index (χ0n) is 8.73. The lowest BCUT2D eigenvalue weighted by Gasteiger charge is -2.17. The molecule has 0 saturated carbocycles. The average molecular weight is 315 g/mol. The zero-order valence-corrected chi connectivity index (χ0v) is 12.5. The Kier molecular flexibility index (Phi) is 10.4. The molecular formula is C10H17Cl5. The number of hydrogen-bond acceptors (Lipinski definition) is 0. The lowest BCUT2D eigenvalue weighted by atomic mass is 10.1. The molecule has 0 radical (unpaired) electrons. The van der Waals surface area contributed by atoms with Crippen molar-refractivity contribution in [1.29, 1.82) is 0 Å². The van der Waals surface area contributed by atoms with Crippen LogP contribution in [0.5, 0.6) is 0 Å². The molecule has 0 N–H and O–H groups in total. The van der Waals surface area contributed by atoms with E-state index >= 15 is 0 Å². The topological polar surface area (TPSA) is 0 Å². The van der Waals surface area contributed by atoms with E-state index in [-0.39, 0.29) is 21.5 Å². The quantitative estimate of drug-likeness (QED) is 0.538. The lowest BCUT2D eigenvalue weighted by Crippen LogP contribution is -2.18. The van der Waals surface area contributed by atoms with Crippen LogP contribution in [0.1, 0.15) is 32.6 Å². The van der Waals surface area contributed by atoms with Crippen LogP contribution in [-0.4, -0.2) is 27.4 Å². The second kappa shape index (κ2) is 9.48. The van der Waals surface area contributed by atoms with E-state index in [2.05, 4.69) is 0 Å². The first-order chi connectivity index (χ1) is 6.97. The standard InChI is InChI=1S/C10H17Cl5/c1-7(12)2-4-9(14)10(15)5-3-8(13)6-11/h7-10H,2-6H2,1H3/t7-,8-,9-,10-/m0/s1. The van der Waals surface area contributed by atoms with Gasteiger partial charge >= 0.3 is 0 Å². The third-order valence-electron chi connectivity index (χ3n) is 2.16. The van der Waals surface area contributed by atoms with E-state index in [1.165, 1.54) is 0 Å². The van der Waals surface area contributed by atoms with Crippen molar-refractivity contribution in [1.82, 2.24) is 0 Å². The molecule has 0 aromatic rings. The van der Waals surface area contributed by atoms with Gasteiger partial charge in [0.25, 0.3) is 0 Å². The summed E-state index contributed by atoms with van der Waals surface area (Å²) in [4.78, 5) is 0. The summed E-state index contributed by atoms with van der Waals surface area (Å²) < 4.78 is 0. The number of alkyl halides is 5. The van der Waals surface area contributed by atoms with Gasteiger partial charge in [0.05, 0.1) is 0 Å². The molecule has 4 atom stereocenters. The summed E-state index contributed by atoms with van der Waals surface area (Å²) in [6, 6.07) is 0. The molecule has 92 valence electrons. The lowest BCUT2D eigenvalue weighted by molar-refractivity contribution is 0.603. The molecular weight excluding hydrogens is 297 g/mol. The molecule has 0 rings (SSSR count). The molecule has 0 fully saturated rings. The minimum absolute atomic E-state index is 0.0104. The largest absolute Gasteiger partial charge is 0.125 e. The minimum Gasteiger partial charge on any atom is -0.125 e. The van der Waals surface area contributed by atoms with Gasteiger partial charge < -0.3 is 0 Å². The minimum atomic E-state index is -0.0495. The highest BCUT2D eigenvalue weighted by molar-refractivity contribution is 6.30. The highest BCUT2D eigenvalue weighted by Crippen LogP contribution is 2.23. The molecule has 0 unspecified atom stereocenters. The monoisotopic (exact) mass is 312 g/mol. The molecule has 5 heteroatoms. The van der Waals surface area contributed by atoms with Crippen LogP contribution in [0.3, 0.4) is 0 Å². The van der Waals surface area contributed by atoms with Crippen molar-refractivity contribution in [3.05, 3.63) is 0 Å². The highest BCUT2D eigenvalue weighted by Gasteiger charge is 2.18. The normalized spacial score (nSPS) is 19.6. The fraction of sp³-hybridized carbons (Fsp3) is 1.00. The number of hydrogen-bond donors (Lipinski definition) is 0. The van der Waals surface area contributed by atoms with Crippen LogP contribution in [0.4, 0.5) is 0 Å². The van der Waals surface area contributed by atoms with E-state index < -0.39 is 0 Å². The predicted octanol–water partition coefficient (Wildman–Crippen LogP) is 5.24. The van der Waals surface area contributed by atoms with Crippen molar-refractivity contribution in [2.45, 2.75) is 54.1 Å². The second-order valence-corrected chi connectivity index (χ2v) is 6.51. The van der Waals surface area contributed by atoms with Crippen LogP contribution in [0.15, 0.2) is 0 Å². The van der Waals surface area contributed by atoms with E-state index in [0.29, 0.717) is 5.88 Å². The summed E-state index contributed by atoms with van der Waals surface area (Å²) in [5.74, 6) is 0.455. The van der Waals surface area contributed by atoms with Gasteiger partial charge in [0, 0.05) is 27.4 Å². The van der Waals surface area contributed by atoms with Gasteiger partial charge in [-0.3, -0.25) is 0 Å². The van der Waals surface area contributed by atoms with Crippen LogP contribution in [0, 0.1) is 0 Å². The third-order valence-corrected chi connectivity index (χ3v) is 4.45. The van der Waals surface area contributed by atoms with Gasteiger partial charge in [-0.1, -0.05) is 0 Å². The molecule has 0 saturated heterocycles. The summed E-state index contributed by atoms with van der Waals surface area (Å²) in [6.07, 6.45) is 3.33. The Labute approximate surface area is 118 Å². The summed E-state index contributed by atoms with van der Waals surface area (Å²) in [5.41, 5.74) is 0. The predicted molar refractivity (Wildman–Crippen MR) is 73.4 cm³/mol. The Hall–Kier alpha value is 1.45. The molecule has 0 spiro atoms. The highest BCUT2D eigenvalue weighted by atomic mass is 35.5. The van der Waals surface area contributed by atoms with Crippen molar-refractivity contribution < 1.29 is 0 Å². The average Bonchev–Trinajstić information content (AvgIpc) is 2.21. The van der Waals surface area contributed by atoms with Crippen LogP contribution >= 0.6 is 58.0 Å². The maximum Gasteiger partial charge on any atom is 0.0500 e. The maximum atomic E-state index is 6.14. The molecule has 0 aliphatic carbocycles. The fourth-order valence-electron chi connectivity index (χ4n) is 1.17. The maximum absolute atomic E-state index is 6.14. The second-order valence-electron chi connectivity index (χ2n) is 3.72. The fourth-order valence-corrected chi connectivity index (χ4v) is 2.08. The third kappa shape index (κ3) is 9.18. The van der Waals surface area contributed by atoms with E-state index in [1.807, 2.05) is 6.92 Å². The smallest absolute Gasteiger partial charge is 0.0500 e. The first-order valence-electron chi connectivity index (χ1n) is 5.09. The van der Waals surface area contributed by atoms with Gasteiger partial charge in [-0.2, -0.15) is 0 Å². The Morgan fingerprint density at radius 1 is 0.800 bits per heavy atom. The molecule has 0 aromatic carbocycles. The van der Waals surface area contributed by atoms with Gasteiger partial charge in [0.1, 0.15) is 0 Å². The van der Waals surface area contributed by atoms with Crippen molar-refractivity contribution in [3.63, 3.8) is 0 Å². The molecule has 0 bridgehead atoms. The summed E-state index contributed by atoms with van der Waals surface area (Å²) >= 11 is 29.6. The first-order valence-corrected chi connectivity index (χ1v) is 7.37. The zero-order chi connectivity index (χ0) is 11.8. The van der Waals surface area contributed by atoms with E-state index in [0.717, 1.165) is 25.7 Å². The Morgan fingerprint density at radius 2 is 1.27 bits per heavy atom. The summed E-state index contributed by atoms with van der Waals surface area (Å²) in [6.45, 7) is 1.96. The van der Waals surface area contributed by atoms with E-state index in [9.17, 15) is 0 Å². The summed E-state index contributed by atoms with van der Waals surface area (Å²) in [7, 11) is 0. The van der Waals surface area contributed by atoms with Gasteiger partial charge in [-0.15, -0.1) is 58.0 Å². The van der Waals surface area contributed by atoms with Crippen LogP contribution < -0.4 is 0 Å². The molecule has 15 heavy (non-hydrogen) atoms. The molecule has 0 nitrogen and oxygen atoms in total. The van der Waals surface area contributed by atoms with E-state index in [4.69, 9.17) is 58.0 Å². The molecule has 0 amide bonds. The first kappa shape index (κ1) is 16.4. The number of halogens is 5. The summed E-state index contributed by atoms with van der Waals surface area (Å²) in [5, 5.41) is 0.0566. The molecule has 0 aromatic heterocycles. The number of rotatable bonds is 8. The van der Waals surface area contributed by atoms with Crippen molar-refractivity contribution in [2.24, 2.45) is 0 Å². The Balaban J connectivity index is 3.64.